The Morgan fingerprint density at radius 1 is 1.03 bits per heavy atom. The predicted octanol–water partition coefficient (Wildman–Crippen LogP) is 3.20. The number of nitrogens with zero attached hydrogens (tertiary/aromatic N) is 6. The number of rotatable bonds is 13. The highest BCUT2D eigenvalue weighted by molar-refractivity contribution is 5.73. The molecule has 0 unspecified atom stereocenters. The second-order valence-electron chi connectivity index (χ2n) is 20.9. The quantitative estimate of drug-likeness (QED) is 0.110. The van der Waals surface area contributed by atoms with Crippen molar-refractivity contribution in [2.45, 2.75) is 198 Å². The summed E-state index contributed by atoms with van der Waals surface area (Å²) < 4.78 is 54.2. The van der Waals surface area contributed by atoms with Crippen LogP contribution in [-0.2, 0) is 46.2 Å². The molecule has 3 fully saturated rings. The Balaban J connectivity index is 1.45. The molecule has 1 aromatic heterocycles. The zero-order valence-electron chi connectivity index (χ0n) is 42.6. The second-order valence-corrected chi connectivity index (χ2v) is 20.9. The number of non-ortho nitro benzene ring substituents is 1. The van der Waals surface area contributed by atoms with Gasteiger partial charge in [0.2, 0.25) is 0 Å². The number of methoxy groups -OCH3 is 1. The van der Waals surface area contributed by atoms with Gasteiger partial charge in [0.05, 0.1) is 64.8 Å². The van der Waals surface area contributed by atoms with E-state index in [1.54, 1.807) is 54.7 Å². The molecule has 2 aromatic rings. The van der Waals surface area contributed by atoms with Gasteiger partial charge in [-0.05, 0) is 93.8 Å². The van der Waals surface area contributed by atoms with E-state index in [-0.39, 0.29) is 43.0 Å². The van der Waals surface area contributed by atoms with Crippen molar-refractivity contribution >= 4 is 11.7 Å². The summed E-state index contributed by atoms with van der Waals surface area (Å²) in [6.07, 6.45) is -7.50. The lowest BCUT2D eigenvalue weighted by Gasteiger charge is -2.49. The normalized spacial score (nSPS) is 40.2. The molecule has 4 heterocycles. The van der Waals surface area contributed by atoms with E-state index in [1.165, 1.54) is 30.8 Å². The van der Waals surface area contributed by atoms with Gasteiger partial charge in [0.25, 0.3) is 5.69 Å². The number of carbonyl (C=O) groups excluding carboxylic acids is 1. The molecule has 3 saturated heterocycles. The van der Waals surface area contributed by atoms with Crippen molar-refractivity contribution in [2.24, 2.45) is 17.8 Å². The number of halogens is 1. The molecular weight excluding hydrogens is 904 g/mol. The highest BCUT2D eigenvalue weighted by atomic mass is 19.1. The number of cyclic esters (lactones) is 1. The first-order valence-electron chi connectivity index (χ1n) is 24.2. The van der Waals surface area contributed by atoms with Gasteiger partial charge < -0.3 is 63.8 Å². The Hall–Kier alpha value is -3.32. The Morgan fingerprint density at radius 2 is 1.71 bits per heavy atom. The van der Waals surface area contributed by atoms with Crippen molar-refractivity contribution in [3.8, 4) is 0 Å². The number of ether oxygens (including phenoxy) is 6. The molecule has 0 aliphatic carbocycles. The van der Waals surface area contributed by atoms with E-state index in [1.807, 2.05) is 37.7 Å². The van der Waals surface area contributed by atoms with E-state index in [9.17, 15) is 44.8 Å². The average molecular weight is 983 g/mol. The first-order valence-corrected chi connectivity index (χ1v) is 24.2. The van der Waals surface area contributed by atoms with Crippen molar-refractivity contribution in [2.75, 3.05) is 34.3 Å². The number of aromatic nitrogens is 3. The summed E-state index contributed by atoms with van der Waals surface area (Å²) in [5.74, 6) is -3.64. The first kappa shape index (κ1) is 56.6. The molecule has 0 amide bonds. The van der Waals surface area contributed by atoms with Crippen molar-refractivity contribution < 1.29 is 68.1 Å². The fraction of sp³-hybridized carbons (Fsp3) is 0.812. The van der Waals surface area contributed by atoms with E-state index >= 15 is 0 Å². The largest absolute Gasteiger partial charge is 0.459 e. The van der Waals surface area contributed by atoms with E-state index in [2.05, 4.69) is 10.3 Å². The molecule has 0 radical (unpaired) electrons. The van der Waals surface area contributed by atoms with Gasteiger partial charge in [0.1, 0.15) is 35.8 Å². The van der Waals surface area contributed by atoms with Gasteiger partial charge in [0.15, 0.2) is 12.6 Å². The van der Waals surface area contributed by atoms with E-state index in [0.29, 0.717) is 31.6 Å². The molecule has 0 bridgehead atoms. The van der Waals surface area contributed by atoms with E-state index in [4.69, 9.17) is 28.4 Å². The predicted molar refractivity (Wildman–Crippen MR) is 249 cm³/mol. The number of benzene rings is 1. The number of nitro groups is 1. The van der Waals surface area contributed by atoms with Crippen LogP contribution in [0.25, 0.3) is 0 Å². The van der Waals surface area contributed by atoms with Crippen LogP contribution in [0.1, 0.15) is 106 Å². The zero-order valence-corrected chi connectivity index (χ0v) is 42.6. The molecular formula is C48H79FN6O14. The van der Waals surface area contributed by atoms with Gasteiger partial charge in [-0.15, -0.1) is 5.10 Å². The third kappa shape index (κ3) is 13.2. The van der Waals surface area contributed by atoms with Gasteiger partial charge in [-0.25, -0.2) is 9.07 Å². The van der Waals surface area contributed by atoms with Crippen LogP contribution in [0.3, 0.4) is 0 Å². The highest BCUT2D eigenvalue weighted by Gasteiger charge is 2.53. The molecule has 0 saturated carbocycles. The van der Waals surface area contributed by atoms with Gasteiger partial charge >= 0.3 is 5.97 Å². The third-order valence-electron chi connectivity index (χ3n) is 15.0. The van der Waals surface area contributed by atoms with Gasteiger partial charge in [0, 0.05) is 68.9 Å². The Kier molecular flexibility index (Phi) is 18.9. The zero-order chi connectivity index (χ0) is 51.5. The smallest absolute Gasteiger partial charge is 0.311 e. The van der Waals surface area contributed by atoms with E-state index in [0.717, 1.165) is 6.07 Å². The lowest BCUT2D eigenvalue weighted by atomic mass is 9.77. The summed E-state index contributed by atoms with van der Waals surface area (Å²) >= 11 is 0. The van der Waals surface area contributed by atoms with Crippen LogP contribution >= 0.6 is 0 Å². The molecule has 3 aliphatic rings. The van der Waals surface area contributed by atoms with Crippen LogP contribution in [0.5, 0.6) is 0 Å². The number of esters is 1. The summed E-state index contributed by atoms with van der Waals surface area (Å²) in [4.78, 5) is 28.7. The molecule has 1 aromatic carbocycles. The summed E-state index contributed by atoms with van der Waals surface area (Å²) in [7, 11) is 5.15. The standard InChI is InChI=1S/C48H79FN6O14/c1-14-37-48(10,61)41(57)30(6)53(12)23-26(2)21-46(8,60)43(28(4)40(29(5)44(59)67-37)68-38-22-47(9,64-13)42(58)31(7)66-38)69-45-39(56)36(19-27(3)65-45)52(11)18-17-33-25-54(51-50-33)24-32-15-16-34(55(62)63)20-35(32)49/h15-16,20,25-31,36-43,45,56-58,60-61H,14,17-19,21-24H2,1-13H3/t26-,27-,28+,29-,30-,31+,36+,37-,38+,39-,40+,41-,42+,43-,45+,46-,47-,48-/m1/s1. The van der Waals surface area contributed by atoms with Gasteiger partial charge in [-0.3, -0.25) is 14.9 Å². The molecule has 69 heavy (non-hydrogen) atoms. The minimum absolute atomic E-state index is 0.0126. The van der Waals surface area contributed by atoms with Crippen LogP contribution in [0.15, 0.2) is 24.4 Å². The number of nitro benzene ring substituents is 1. The SMILES string of the molecule is CC[C@H]1OC(=O)[C@H](C)[C@@H](O[C@H]2C[C@@](C)(OC)[C@@H](O)[C@H](C)O2)[C@H](C)[C@@H](O[C@@H]2O[C@H](C)C[C@H](N(C)CCc3cn(Cc4ccc([N+](=O)[O-])cc4F)nn3)[C@H]2O)[C@](C)(O)C[C@@H](C)CN(C)[C@H](C)[C@@H](O)[C@]1(C)O. The maximum absolute atomic E-state index is 14.6. The number of carbonyl (C=O) groups is 1. The number of hydrogen-bond acceptors (Lipinski definition) is 18. The third-order valence-corrected chi connectivity index (χ3v) is 15.0. The van der Waals surface area contributed by atoms with Crippen LogP contribution in [-0.4, -0.2) is 186 Å². The minimum Gasteiger partial charge on any atom is -0.459 e. The molecule has 392 valence electrons. The van der Waals surface area contributed by atoms with Crippen molar-refractivity contribution in [3.63, 3.8) is 0 Å². The highest BCUT2D eigenvalue weighted by Crippen LogP contribution is 2.40. The molecule has 0 spiro atoms. The molecule has 3 aliphatic heterocycles. The minimum atomic E-state index is -1.86. The van der Waals surface area contributed by atoms with Crippen LogP contribution in [0.4, 0.5) is 10.1 Å². The van der Waals surface area contributed by atoms with Crippen LogP contribution in [0.2, 0.25) is 0 Å². The number of aliphatic hydroxyl groups excluding tert-OH is 3. The molecule has 5 N–H and O–H groups in total. The van der Waals surface area contributed by atoms with Gasteiger partial charge in [-0.2, -0.15) is 0 Å². The maximum Gasteiger partial charge on any atom is 0.311 e. The second kappa shape index (κ2) is 23.0. The molecule has 21 heteroatoms. The number of hydrogen-bond donors (Lipinski definition) is 5. The molecule has 18 atom stereocenters. The van der Waals surface area contributed by atoms with E-state index < -0.39 is 119 Å². The lowest BCUT2D eigenvalue weighted by molar-refractivity contribution is -0.385. The summed E-state index contributed by atoms with van der Waals surface area (Å²) in [6.45, 7) is 18.1. The molecule has 20 nitrogen and oxygen atoms in total. The van der Waals surface area contributed by atoms with Crippen molar-refractivity contribution in [1.82, 2.24) is 24.8 Å². The average Bonchev–Trinajstić information content (AvgIpc) is 3.74. The fourth-order valence-electron chi connectivity index (χ4n) is 10.6. The van der Waals surface area contributed by atoms with Crippen LogP contribution in [0, 0.1) is 33.7 Å². The number of aliphatic hydroxyl groups is 5. The topological polar surface area (TPSA) is 254 Å². The lowest BCUT2D eigenvalue weighted by Crippen LogP contribution is -2.61. The fourth-order valence-corrected chi connectivity index (χ4v) is 10.6. The first-order chi connectivity index (χ1) is 32.1. The maximum atomic E-state index is 14.6. The summed E-state index contributed by atoms with van der Waals surface area (Å²) in [6, 6.07) is 2.35. The molecule has 5 rings (SSSR count). The summed E-state index contributed by atoms with van der Waals surface area (Å²) in [5.41, 5.74) is -4.15. The monoisotopic (exact) mass is 983 g/mol. The van der Waals surface area contributed by atoms with Crippen molar-refractivity contribution in [3.05, 3.63) is 51.6 Å². The Labute approximate surface area is 405 Å². The summed E-state index contributed by atoms with van der Waals surface area (Å²) in [5, 5.41) is 78.9. The Morgan fingerprint density at radius 3 is 2.33 bits per heavy atom. The Bertz CT molecular complexity index is 2010. The van der Waals surface area contributed by atoms with Gasteiger partial charge in [-0.1, -0.05) is 26.0 Å². The number of likely N-dealkylation sites (N-methyl/N-ethyl adjacent to an activating group) is 2. The van der Waals surface area contributed by atoms with Crippen LogP contribution < -0.4 is 0 Å². The van der Waals surface area contributed by atoms with Crippen molar-refractivity contribution in [1.29, 1.82) is 0 Å².